The highest BCUT2D eigenvalue weighted by Gasteiger charge is 2.27. The molecule has 1 aliphatic rings. The summed E-state index contributed by atoms with van der Waals surface area (Å²) < 4.78 is 38.9. The molecule has 0 saturated heterocycles. The Hall–Kier alpha value is -3.56. The number of nitrogens with one attached hydrogen (secondary N) is 1. The Kier molecular flexibility index (Phi) is 7.04. The van der Waals surface area contributed by atoms with Crippen LogP contribution in [0.4, 0.5) is 5.69 Å². The SMILES string of the molecule is Cc1ccc(S(=O)(=O)N(CC(=O)N/N=C\c2cccc3c2OCCO3)c2cccc(Cl)c2)cc1. The van der Waals surface area contributed by atoms with Gasteiger partial charge in [-0.2, -0.15) is 5.10 Å². The third kappa shape index (κ3) is 5.32. The maximum Gasteiger partial charge on any atom is 0.264 e. The van der Waals surface area contributed by atoms with Crippen molar-refractivity contribution in [2.75, 3.05) is 24.1 Å². The smallest absolute Gasteiger partial charge is 0.264 e. The number of benzene rings is 3. The van der Waals surface area contributed by atoms with Crippen molar-refractivity contribution in [1.29, 1.82) is 0 Å². The molecule has 1 heterocycles. The molecule has 4 rings (SSSR count). The molecule has 3 aromatic rings. The van der Waals surface area contributed by atoms with Gasteiger partial charge in [0.05, 0.1) is 16.8 Å². The molecule has 0 unspecified atom stereocenters. The number of nitrogens with zero attached hydrogens (tertiary/aromatic N) is 2. The summed E-state index contributed by atoms with van der Waals surface area (Å²) in [6, 6.07) is 18.0. The largest absolute Gasteiger partial charge is 0.486 e. The normalized spacial score (nSPS) is 13.0. The lowest BCUT2D eigenvalue weighted by atomic mass is 10.2. The zero-order valence-corrected chi connectivity index (χ0v) is 19.8. The van der Waals surface area contributed by atoms with Crippen LogP contribution < -0.4 is 19.2 Å². The van der Waals surface area contributed by atoms with Gasteiger partial charge >= 0.3 is 0 Å². The Morgan fingerprint density at radius 2 is 1.82 bits per heavy atom. The van der Waals surface area contributed by atoms with Gasteiger partial charge in [-0.15, -0.1) is 0 Å². The quantitative estimate of drug-likeness (QED) is 0.394. The van der Waals surface area contributed by atoms with E-state index < -0.39 is 22.5 Å². The van der Waals surface area contributed by atoms with Gasteiger partial charge in [0.15, 0.2) is 11.5 Å². The van der Waals surface area contributed by atoms with Crippen LogP contribution in [0.15, 0.2) is 76.7 Å². The van der Waals surface area contributed by atoms with Gasteiger partial charge in [0.25, 0.3) is 15.9 Å². The van der Waals surface area contributed by atoms with Gasteiger partial charge in [0.1, 0.15) is 19.8 Å². The van der Waals surface area contributed by atoms with Crippen LogP contribution in [-0.2, 0) is 14.8 Å². The van der Waals surface area contributed by atoms with E-state index in [1.54, 1.807) is 48.5 Å². The standard InChI is InChI=1S/C24H22ClN3O5S/c1-17-8-10-21(11-9-17)34(30,31)28(20-6-3-5-19(25)14-20)16-23(29)27-26-15-18-4-2-7-22-24(18)33-13-12-32-22/h2-11,14-15H,12-13,16H2,1H3,(H,27,29)/b26-15-. The van der Waals surface area contributed by atoms with Crippen LogP contribution in [0.5, 0.6) is 11.5 Å². The fourth-order valence-corrected chi connectivity index (χ4v) is 4.92. The van der Waals surface area contributed by atoms with Gasteiger partial charge in [-0.3, -0.25) is 9.10 Å². The first-order valence-corrected chi connectivity index (χ1v) is 12.2. The highest BCUT2D eigenvalue weighted by molar-refractivity contribution is 7.92. The molecule has 3 aromatic carbocycles. The van der Waals surface area contributed by atoms with E-state index in [9.17, 15) is 13.2 Å². The molecule has 0 fully saturated rings. The van der Waals surface area contributed by atoms with Gasteiger partial charge in [-0.05, 0) is 49.4 Å². The van der Waals surface area contributed by atoms with E-state index in [2.05, 4.69) is 10.5 Å². The Bertz CT molecular complexity index is 1330. The van der Waals surface area contributed by atoms with Crippen LogP contribution in [0.1, 0.15) is 11.1 Å². The van der Waals surface area contributed by atoms with Gasteiger partial charge in [0, 0.05) is 10.6 Å². The molecule has 1 aliphatic heterocycles. The monoisotopic (exact) mass is 499 g/mol. The van der Waals surface area contributed by atoms with Crippen molar-refractivity contribution < 1.29 is 22.7 Å². The molecule has 1 amide bonds. The van der Waals surface area contributed by atoms with E-state index in [4.69, 9.17) is 21.1 Å². The van der Waals surface area contributed by atoms with Crippen LogP contribution in [0.2, 0.25) is 5.02 Å². The number of carbonyl (C=O) groups excluding carboxylic acids is 1. The minimum Gasteiger partial charge on any atom is -0.486 e. The highest BCUT2D eigenvalue weighted by Crippen LogP contribution is 2.32. The van der Waals surface area contributed by atoms with Crippen LogP contribution in [-0.4, -0.2) is 40.3 Å². The average molecular weight is 500 g/mol. The summed E-state index contributed by atoms with van der Waals surface area (Å²) in [5.74, 6) is 0.501. The van der Waals surface area contributed by atoms with Gasteiger partial charge in [-0.25, -0.2) is 13.8 Å². The van der Waals surface area contributed by atoms with Crippen LogP contribution in [0, 0.1) is 6.92 Å². The van der Waals surface area contributed by atoms with Gasteiger partial charge < -0.3 is 9.47 Å². The number of para-hydroxylation sites is 1. The first kappa shape index (κ1) is 23.6. The molecule has 0 atom stereocenters. The van der Waals surface area contributed by atoms with Crippen LogP contribution in [0.3, 0.4) is 0 Å². The van der Waals surface area contributed by atoms with Crippen molar-refractivity contribution in [2.24, 2.45) is 5.10 Å². The van der Waals surface area contributed by atoms with Crippen molar-refractivity contribution in [3.8, 4) is 11.5 Å². The minimum atomic E-state index is -4.05. The number of fused-ring (bicyclic) bond motifs is 1. The number of anilines is 1. The van der Waals surface area contributed by atoms with E-state index in [0.29, 0.717) is 35.3 Å². The second-order valence-corrected chi connectivity index (χ2v) is 9.77. The second-order valence-electron chi connectivity index (χ2n) is 7.47. The molecule has 0 aliphatic carbocycles. The molecule has 8 nitrogen and oxygen atoms in total. The van der Waals surface area contributed by atoms with E-state index in [1.807, 2.05) is 6.92 Å². The fraction of sp³-hybridized carbons (Fsp3) is 0.167. The highest BCUT2D eigenvalue weighted by atomic mass is 35.5. The number of hydrogen-bond acceptors (Lipinski definition) is 6. The van der Waals surface area contributed by atoms with E-state index in [1.165, 1.54) is 24.4 Å². The van der Waals surface area contributed by atoms with E-state index in [-0.39, 0.29) is 10.6 Å². The van der Waals surface area contributed by atoms with E-state index >= 15 is 0 Å². The Morgan fingerprint density at radius 1 is 1.09 bits per heavy atom. The number of hydrazone groups is 1. The summed E-state index contributed by atoms with van der Waals surface area (Å²) in [6.07, 6.45) is 1.42. The summed E-state index contributed by atoms with van der Waals surface area (Å²) in [4.78, 5) is 12.8. The Morgan fingerprint density at radius 3 is 2.59 bits per heavy atom. The van der Waals surface area contributed by atoms with Gasteiger partial charge in [0.2, 0.25) is 0 Å². The number of hydrogen-bond donors (Lipinski definition) is 1. The molecule has 34 heavy (non-hydrogen) atoms. The van der Waals surface area contributed by atoms with E-state index in [0.717, 1.165) is 9.87 Å². The number of carbonyl (C=O) groups is 1. The predicted octanol–water partition coefficient (Wildman–Crippen LogP) is 3.77. The minimum absolute atomic E-state index is 0.0578. The first-order chi connectivity index (χ1) is 16.3. The molecule has 0 bridgehead atoms. The molecule has 1 N–H and O–H groups in total. The number of halogens is 1. The lowest BCUT2D eigenvalue weighted by Crippen LogP contribution is -2.39. The summed E-state index contributed by atoms with van der Waals surface area (Å²) >= 11 is 6.08. The molecule has 10 heteroatoms. The third-order valence-corrected chi connectivity index (χ3v) is 7.01. The van der Waals surface area contributed by atoms with Crippen molar-refractivity contribution in [2.45, 2.75) is 11.8 Å². The zero-order chi connectivity index (χ0) is 24.1. The molecular weight excluding hydrogens is 478 g/mol. The van der Waals surface area contributed by atoms with Crippen molar-refractivity contribution >= 4 is 39.4 Å². The number of aryl methyl sites for hydroxylation is 1. The topological polar surface area (TPSA) is 97.3 Å². The molecular formula is C24H22ClN3O5S. The number of amides is 1. The molecule has 0 saturated carbocycles. The van der Waals surface area contributed by atoms with Gasteiger partial charge in [-0.1, -0.05) is 41.4 Å². The summed E-state index contributed by atoms with van der Waals surface area (Å²) in [6.45, 7) is 2.23. The average Bonchev–Trinajstić information content (AvgIpc) is 2.83. The second kappa shape index (κ2) is 10.1. The Labute approximate surface area is 202 Å². The maximum absolute atomic E-state index is 13.4. The lowest BCUT2D eigenvalue weighted by molar-refractivity contribution is -0.119. The number of ether oxygens (including phenoxy) is 2. The van der Waals surface area contributed by atoms with Crippen molar-refractivity contribution in [1.82, 2.24) is 5.43 Å². The summed E-state index contributed by atoms with van der Waals surface area (Å²) in [5.41, 5.74) is 4.18. The Balaban J connectivity index is 1.55. The predicted molar refractivity (Wildman–Crippen MR) is 130 cm³/mol. The van der Waals surface area contributed by atoms with Crippen molar-refractivity contribution in [3.63, 3.8) is 0 Å². The molecule has 0 spiro atoms. The lowest BCUT2D eigenvalue weighted by Gasteiger charge is -2.24. The third-order valence-electron chi connectivity index (χ3n) is 4.98. The maximum atomic E-state index is 13.4. The number of rotatable bonds is 7. The summed E-state index contributed by atoms with van der Waals surface area (Å²) in [5, 5.41) is 4.32. The molecule has 176 valence electrons. The van der Waals surface area contributed by atoms with Crippen LogP contribution >= 0.6 is 11.6 Å². The molecule has 0 radical (unpaired) electrons. The van der Waals surface area contributed by atoms with Crippen molar-refractivity contribution in [3.05, 3.63) is 82.9 Å². The first-order valence-electron chi connectivity index (χ1n) is 10.4. The number of sulfonamides is 1. The van der Waals surface area contributed by atoms with Crippen LogP contribution in [0.25, 0.3) is 0 Å². The molecule has 0 aromatic heterocycles. The fourth-order valence-electron chi connectivity index (χ4n) is 3.32. The zero-order valence-electron chi connectivity index (χ0n) is 18.3. The summed E-state index contributed by atoms with van der Waals surface area (Å²) in [7, 11) is -4.05.